The van der Waals surface area contributed by atoms with E-state index in [9.17, 15) is 9.59 Å². The number of hydrogen-bond acceptors (Lipinski definition) is 4. The normalized spacial score (nSPS) is 28.0. The lowest BCUT2D eigenvalue weighted by Gasteiger charge is -2.32. The molecule has 0 spiro atoms. The van der Waals surface area contributed by atoms with E-state index in [2.05, 4.69) is 15.4 Å². The van der Waals surface area contributed by atoms with E-state index in [1.807, 2.05) is 0 Å². The zero-order chi connectivity index (χ0) is 9.90. The molecule has 1 fully saturated rings. The molecule has 0 saturated carbocycles. The molecule has 1 rings (SSSR count). The second-order valence-electron chi connectivity index (χ2n) is 3.27. The Balaban J connectivity index is 2.62. The van der Waals surface area contributed by atoms with Gasteiger partial charge in [-0.1, -0.05) is 0 Å². The topological polar surface area (TPSA) is 67.4 Å². The molecule has 0 aromatic rings. The van der Waals surface area contributed by atoms with Crippen LogP contribution in [0.25, 0.3) is 0 Å². The molecule has 0 aliphatic carbocycles. The van der Waals surface area contributed by atoms with Crippen LogP contribution in [0.5, 0.6) is 0 Å². The Bertz CT molecular complexity index is 229. The third-order valence-electron chi connectivity index (χ3n) is 2.15. The number of piperazine rings is 1. The molecule has 5 heteroatoms. The molecule has 13 heavy (non-hydrogen) atoms. The van der Waals surface area contributed by atoms with Gasteiger partial charge in [0, 0.05) is 13.1 Å². The van der Waals surface area contributed by atoms with Crippen LogP contribution in [0.1, 0.15) is 13.3 Å². The Morgan fingerprint density at radius 2 is 2.31 bits per heavy atom. The van der Waals surface area contributed by atoms with Crippen LogP contribution >= 0.6 is 0 Å². The van der Waals surface area contributed by atoms with E-state index >= 15 is 0 Å². The van der Waals surface area contributed by atoms with E-state index < -0.39 is 5.54 Å². The van der Waals surface area contributed by atoms with E-state index in [4.69, 9.17) is 0 Å². The molecule has 0 aromatic carbocycles. The summed E-state index contributed by atoms with van der Waals surface area (Å²) in [5, 5.41) is 5.69. The number of carbonyl (C=O) groups is 2. The number of amides is 1. The molecule has 1 saturated heterocycles. The summed E-state index contributed by atoms with van der Waals surface area (Å²) >= 11 is 0. The summed E-state index contributed by atoms with van der Waals surface area (Å²) in [6.07, 6.45) is 0.0648. The van der Waals surface area contributed by atoms with Crippen LogP contribution in [-0.2, 0) is 14.3 Å². The van der Waals surface area contributed by atoms with E-state index in [-0.39, 0.29) is 18.3 Å². The SMILES string of the molecule is COC(=O)C[C@@]1(C)NCCNC1=O. The summed E-state index contributed by atoms with van der Waals surface area (Å²) in [6.45, 7) is 2.98. The summed E-state index contributed by atoms with van der Waals surface area (Å²) in [6, 6.07) is 0. The van der Waals surface area contributed by atoms with E-state index in [1.165, 1.54) is 7.11 Å². The van der Waals surface area contributed by atoms with Crippen molar-refractivity contribution in [3.05, 3.63) is 0 Å². The maximum absolute atomic E-state index is 11.4. The Morgan fingerprint density at radius 1 is 1.62 bits per heavy atom. The Hall–Kier alpha value is -1.10. The minimum absolute atomic E-state index is 0.0648. The molecule has 74 valence electrons. The highest BCUT2D eigenvalue weighted by atomic mass is 16.5. The molecule has 0 unspecified atom stereocenters. The van der Waals surface area contributed by atoms with Gasteiger partial charge in [-0.2, -0.15) is 0 Å². The molecular weight excluding hydrogens is 172 g/mol. The van der Waals surface area contributed by atoms with Crippen molar-refractivity contribution in [1.82, 2.24) is 10.6 Å². The first-order valence-electron chi connectivity index (χ1n) is 4.18. The van der Waals surface area contributed by atoms with Crippen LogP contribution in [0.4, 0.5) is 0 Å². The minimum atomic E-state index is -0.814. The van der Waals surface area contributed by atoms with Crippen LogP contribution in [0, 0.1) is 0 Å². The highest BCUT2D eigenvalue weighted by molar-refractivity contribution is 5.91. The van der Waals surface area contributed by atoms with Gasteiger partial charge in [-0.15, -0.1) is 0 Å². The Labute approximate surface area is 76.8 Å². The smallest absolute Gasteiger partial charge is 0.307 e. The number of nitrogens with one attached hydrogen (secondary N) is 2. The minimum Gasteiger partial charge on any atom is -0.469 e. The fraction of sp³-hybridized carbons (Fsp3) is 0.750. The van der Waals surface area contributed by atoms with Gasteiger partial charge in [0.1, 0.15) is 5.54 Å². The van der Waals surface area contributed by atoms with Gasteiger partial charge in [-0.05, 0) is 6.92 Å². The predicted molar refractivity (Wildman–Crippen MR) is 46.1 cm³/mol. The van der Waals surface area contributed by atoms with E-state index in [0.717, 1.165) is 0 Å². The van der Waals surface area contributed by atoms with Crippen LogP contribution in [0.3, 0.4) is 0 Å². The molecule has 2 N–H and O–H groups in total. The Kier molecular flexibility index (Phi) is 2.87. The first-order chi connectivity index (χ1) is 6.08. The molecule has 0 radical (unpaired) electrons. The summed E-state index contributed by atoms with van der Waals surface area (Å²) in [5.74, 6) is -0.531. The summed E-state index contributed by atoms with van der Waals surface area (Å²) in [5.41, 5.74) is -0.814. The van der Waals surface area contributed by atoms with E-state index in [0.29, 0.717) is 13.1 Å². The van der Waals surface area contributed by atoms with Crippen molar-refractivity contribution >= 4 is 11.9 Å². The van der Waals surface area contributed by atoms with Crippen LogP contribution < -0.4 is 10.6 Å². The third-order valence-corrected chi connectivity index (χ3v) is 2.15. The van der Waals surface area contributed by atoms with Gasteiger partial charge in [0.2, 0.25) is 5.91 Å². The van der Waals surface area contributed by atoms with Crippen molar-refractivity contribution in [2.24, 2.45) is 0 Å². The monoisotopic (exact) mass is 186 g/mol. The summed E-state index contributed by atoms with van der Waals surface area (Å²) in [7, 11) is 1.31. The van der Waals surface area contributed by atoms with E-state index in [1.54, 1.807) is 6.92 Å². The fourth-order valence-electron chi connectivity index (χ4n) is 1.29. The van der Waals surface area contributed by atoms with Crippen molar-refractivity contribution in [3.63, 3.8) is 0 Å². The average molecular weight is 186 g/mol. The van der Waals surface area contributed by atoms with Gasteiger partial charge >= 0.3 is 5.97 Å². The van der Waals surface area contributed by atoms with Gasteiger partial charge in [-0.25, -0.2) is 0 Å². The zero-order valence-electron chi connectivity index (χ0n) is 7.85. The largest absolute Gasteiger partial charge is 0.469 e. The van der Waals surface area contributed by atoms with Crippen LogP contribution in [0.15, 0.2) is 0 Å². The Morgan fingerprint density at radius 3 is 2.85 bits per heavy atom. The number of rotatable bonds is 2. The van der Waals surface area contributed by atoms with Gasteiger partial charge < -0.3 is 15.4 Å². The van der Waals surface area contributed by atoms with Crippen molar-refractivity contribution < 1.29 is 14.3 Å². The maximum Gasteiger partial charge on any atom is 0.307 e. The molecule has 0 aromatic heterocycles. The number of esters is 1. The fourth-order valence-corrected chi connectivity index (χ4v) is 1.29. The highest BCUT2D eigenvalue weighted by Gasteiger charge is 2.37. The first-order valence-corrected chi connectivity index (χ1v) is 4.18. The van der Waals surface area contributed by atoms with Crippen molar-refractivity contribution in [3.8, 4) is 0 Å². The lowest BCUT2D eigenvalue weighted by atomic mass is 9.95. The number of methoxy groups -OCH3 is 1. The summed E-state index contributed by atoms with van der Waals surface area (Å²) < 4.78 is 4.51. The molecule has 1 aliphatic heterocycles. The first kappa shape index (κ1) is 9.98. The maximum atomic E-state index is 11.4. The summed E-state index contributed by atoms with van der Waals surface area (Å²) in [4.78, 5) is 22.4. The molecule has 1 heterocycles. The van der Waals surface area contributed by atoms with Gasteiger partial charge in [0.25, 0.3) is 0 Å². The second kappa shape index (κ2) is 3.74. The quantitative estimate of drug-likeness (QED) is 0.544. The van der Waals surface area contributed by atoms with Crippen molar-refractivity contribution in [1.29, 1.82) is 0 Å². The van der Waals surface area contributed by atoms with Crippen LogP contribution in [-0.4, -0.2) is 37.6 Å². The van der Waals surface area contributed by atoms with Gasteiger partial charge in [-0.3, -0.25) is 9.59 Å². The van der Waals surface area contributed by atoms with Gasteiger partial charge in [0.15, 0.2) is 0 Å². The zero-order valence-corrected chi connectivity index (χ0v) is 7.85. The number of ether oxygens (including phenoxy) is 1. The second-order valence-corrected chi connectivity index (χ2v) is 3.27. The molecular formula is C8H14N2O3. The lowest BCUT2D eigenvalue weighted by molar-refractivity contribution is -0.145. The standard InChI is InChI=1S/C8H14N2O3/c1-8(5-6(11)13-2)7(12)9-3-4-10-8/h10H,3-5H2,1-2H3,(H,9,12)/t8-/m1/s1. The molecule has 1 atom stereocenters. The average Bonchev–Trinajstić information content (AvgIpc) is 2.10. The van der Waals surface area contributed by atoms with Crippen LogP contribution in [0.2, 0.25) is 0 Å². The molecule has 5 nitrogen and oxygen atoms in total. The van der Waals surface area contributed by atoms with Crippen molar-refractivity contribution in [2.45, 2.75) is 18.9 Å². The number of hydrogen-bond donors (Lipinski definition) is 2. The van der Waals surface area contributed by atoms with Gasteiger partial charge in [0.05, 0.1) is 13.5 Å². The third kappa shape index (κ3) is 2.18. The lowest BCUT2D eigenvalue weighted by Crippen LogP contribution is -2.62. The highest BCUT2D eigenvalue weighted by Crippen LogP contribution is 2.12. The molecule has 0 bridgehead atoms. The molecule has 1 amide bonds. The molecule has 1 aliphatic rings. The van der Waals surface area contributed by atoms with Crippen molar-refractivity contribution in [2.75, 3.05) is 20.2 Å². The predicted octanol–water partition coefficient (Wildman–Crippen LogP) is -0.972. The number of carbonyl (C=O) groups excluding carboxylic acids is 2.